The Hall–Kier alpha value is -0.190. The Morgan fingerprint density at radius 1 is 1.44 bits per heavy atom. The highest BCUT2D eigenvalue weighted by molar-refractivity contribution is 6.20. The molecule has 0 aliphatic rings. The lowest BCUT2D eigenvalue weighted by molar-refractivity contribution is 0.708. The van der Waals surface area contributed by atoms with E-state index in [9.17, 15) is 0 Å². The van der Waals surface area contributed by atoms with E-state index in [4.69, 9.17) is 11.6 Å². The zero-order chi connectivity index (χ0) is 7.28. The standard InChI is InChI=1S/C8H13Cl/c1-4-5-6-7(2)8(3)9/h4,6-8H,1-3H3. The maximum absolute atomic E-state index is 5.78. The van der Waals surface area contributed by atoms with Crippen molar-refractivity contribution in [3.63, 3.8) is 0 Å². The van der Waals surface area contributed by atoms with Crippen LogP contribution in [0.5, 0.6) is 0 Å². The van der Waals surface area contributed by atoms with Crippen LogP contribution < -0.4 is 0 Å². The molecule has 0 bridgehead atoms. The number of halogens is 1. The smallest absolute Gasteiger partial charge is 0.0373 e. The van der Waals surface area contributed by atoms with Crippen LogP contribution in [0.15, 0.2) is 17.9 Å². The first kappa shape index (κ1) is 8.81. The van der Waals surface area contributed by atoms with Crippen LogP contribution in [0.25, 0.3) is 0 Å². The Morgan fingerprint density at radius 2 is 2.00 bits per heavy atom. The normalized spacial score (nSPS) is 15.6. The van der Waals surface area contributed by atoms with Crippen molar-refractivity contribution in [1.29, 1.82) is 0 Å². The van der Waals surface area contributed by atoms with E-state index < -0.39 is 0 Å². The van der Waals surface area contributed by atoms with Crippen LogP contribution in [-0.2, 0) is 0 Å². The first-order chi connectivity index (χ1) is 4.18. The lowest BCUT2D eigenvalue weighted by atomic mass is 10.1. The van der Waals surface area contributed by atoms with Crippen molar-refractivity contribution in [1.82, 2.24) is 0 Å². The zero-order valence-corrected chi connectivity index (χ0v) is 6.94. The Labute approximate surface area is 62.2 Å². The van der Waals surface area contributed by atoms with Crippen molar-refractivity contribution in [3.05, 3.63) is 17.9 Å². The maximum Gasteiger partial charge on any atom is 0.0373 e. The van der Waals surface area contributed by atoms with E-state index in [2.05, 4.69) is 12.7 Å². The highest BCUT2D eigenvalue weighted by atomic mass is 35.5. The van der Waals surface area contributed by atoms with Gasteiger partial charge in [0.2, 0.25) is 0 Å². The SMILES string of the molecule is CC=C=CC(C)C(C)Cl. The fourth-order valence-electron chi connectivity index (χ4n) is 0.381. The molecule has 0 spiro atoms. The molecule has 0 saturated carbocycles. The molecule has 0 nitrogen and oxygen atoms in total. The quantitative estimate of drug-likeness (QED) is 0.413. The van der Waals surface area contributed by atoms with E-state index in [1.165, 1.54) is 0 Å². The van der Waals surface area contributed by atoms with Gasteiger partial charge in [0, 0.05) is 5.38 Å². The van der Waals surface area contributed by atoms with Crippen LogP contribution in [0.1, 0.15) is 20.8 Å². The largest absolute Gasteiger partial charge is 0.130 e. The van der Waals surface area contributed by atoms with Crippen LogP contribution in [0.4, 0.5) is 0 Å². The van der Waals surface area contributed by atoms with E-state index in [1.54, 1.807) is 0 Å². The molecule has 0 aromatic heterocycles. The molecule has 52 valence electrons. The number of allylic oxidation sites excluding steroid dienone is 1. The predicted octanol–water partition coefficient (Wildman–Crippen LogP) is 2.98. The summed E-state index contributed by atoms with van der Waals surface area (Å²) >= 11 is 5.78. The van der Waals surface area contributed by atoms with Crippen LogP contribution in [0.2, 0.25) is 0 Å². The highest BCUT2D eigenvalue weighted by Crippen LogP contribution is 2.09. The van der Waals surface area contributed by atoms with Gasteiger partial charge in [0.25, 0.3) is 0 Å². The van der Waals surface area contributed by atoms with Crippen LogP contribution in [0.3, 0.4) is 0 Å². The number of hydrogen-bond acceptors (Lipinski definition) is 0. The first-order valence-electron chi connectivity index (χ1n) is 3.19. The monoisotopic (exact) mass is 144 g/mol. The van der Waals surface area contributed by atoms with Gasteiger partial charge in [-0.25, -0.2) is 0 Å². The molecule has 0 saturated heterocycles. The predicted molar refractivity (Wildman–Crippen MR) is 42.8 cm³/mol. The van der Waals surface area contributed by atoms with Gasteiger partial charge in [-0.15, -0.1) is 17.3 Å². The molecule has 0 N–H and O–H groups in total. The molecule has 0 radical (unpaired) electrons. The zero-order valence-electron chi connectivity index (χ0n) is 6.19. The molecule has 0 aromatic carbocycles. The summed E-state index contributed by atoms with van der Waals surface area (Å²) in [6, 6.07) is 0. The molecule has 0 aliphatic heterocycles. The van der Waals surface area contributed by atoms with E-state index in [0.29, 0.717) is 5.92 Å². The van der Waals surface area contributed by atoms with Gasteiger partial charge in [0.05, 0.1) is 0 Å². The van der Waals surface area contributed by atoms with Gasteiger partial charge < -0.3 is 0 Å². The van der Waals surface area contributed by atoms with E-state index in [-0.39, 0.29) is 5.38 Å². The molecular weight excluding hydrogens is 132 g/mol. The summed E-state index contributed by atoms with van der Waals surface area (Å²) in [6.45, 7) is 6.01. The van der Waals surface area contributed by atoms with Gasteiger partial charge in [-0.3, -0.25) is 0 Å². The maximum atomic E-state index is 5.78. The lowest BCUT2D eigenvalue weighted by Crippen LogP contribution is -2.01. The molecule has 0 amide bonds. The van der Waals surface area contributed by atoms with Gasteiger partial charge in [-0.2, -0.15) is 0 Å². The Balaban J connectivity index is 3.76. The minimum atomic E-state index is 0.206. The lowest BCUT2D eigenvalue weighted by Gasteiger charge is -2.04. The molecule has 9 heavy (non-hydrogen) atoms. The molecule has 0 aliphatic carbocycles. The fraction of sp³-hybridized carbons (Fsp3) is 0.625. The second-order valence-electron chi connectivity index (χ2n) is 2.16. The third kappa shape index (κ3) is 4.32. The summed E-state index contributed by atoms with van der Waals surface area (Å²) in [4.78, 5) is 0. The summed E-state index contributed by atoms with van der Waals surface area (Å²) in [6.07, 6.45) is 3.87. The molecule has 2 atom stereocenters. The van der Waals surface area contributed by atoms with Crippen molar-refractivity contribution in [2.45, 2.75) is 26.1 Å². The number of hydrogen-bond donors (Lipinski definition) is 0. The minimum absolute atomic E-state index is 0.206. The van der Waals surface area contributed by atoms with Crippen molar-refractivity contribution < 1.29 is 0 Å². The molecule has 0 rings (SSSR count). The van der Waals surface area contributed by atoms with E-state index in [0.717, 1.165) is 0 Å². The Morgan fingerprint density at radius 3 is 2.33 bits per heavy atom. The average molecular weight is 145 g/mol. The molecule has 2 unspecified atom stereocenters. The van der Waals surface area contributed by atoms with E-state index >= 15 is 0 Å². The van der Waals surface area contributed by atoms with Crippen LogP contribution >= 0.6 is 11.6 Å². The van der Waals surface area contributed by atoms with Crippen LogP contribution in [-0.4, -0.2) is 5.38 Å². The van der Waals surface area contributed by atoms with E-state index in [1.807, 2.05) is 26.0 Å². The van der Waals surface area contributed by atoms with Crippen LogP contribution in [0, 0.1) is 5.92 Å². The number of alkyl halides is 1. The molecular formula is C8H13Cl. The Kier molecular flexibility index (Phi) is 4.57. The van der Waals surface area contributed by atoms with Gasteiger partial charge in [0.1, 0.15) is 0 Å². The minimum Gasteiger partial charge on any atom is -0.130 e. The molecule has 1 heteroatoms. The third-order valence-electron chi connectivity index (χ3n) is 1.25. The first-order valence-corrected chi connectivity index (χ1v) is 3.63. The average Bonchev–Trinajstić information content (AvgIpc) is 1.82. The highest BCUT2D eigenvalue weighted by Gasteiger charge is 2.02. The summed E-state index contributed by atoms with van der Waals surface area (Å²) < 4.78 is 0. The van der Waals surface area contributed by atoms with Crippen molar-refractivity contribution in [2.75, 3.05) is 0 Å². The summed E-state index contributed by atoms with van der Waals surface area (Å²) in [5.41, 5.74) is 2.99. The fourth-order valence-corrected chi connectivity index (χ4v) is 0.453. The van der Waals surface area contributed by atoms with Crippen molar-refractivity contribution in [3.8, 4) is 0 Å². The summed E-state index contributed by atoms with van der Waals surface area (Å²) in [5.74, 6) is 0.419. The third-order valence-corrected chi connectivity index (χ3v) is 1.65. The summed E-state index contributed by atoms with van der Waals surface area (Å²) in [5, 5.41) is 0.206. The van der Waals surface area contributed by atoms with Gasteiger partial charge in [-0.1, -0.05) is 6.92 Å². The molecule has 0 aromatic rings. The van der Waals surface area contributed by atoms with Crippen molar-refractivity contribution in [2.24, 2.45) is 5.92 Å². The van der Waals surface area contributed by atoms with Crippen molar-refractivity contribution >= 4 is 11.6 Å². The van der Waals surface area contributed by atoms with Gasteiger partial charge >= 0.3 is 0 Å². The molecule has 0 fully saturated rings. The van der Waals surface area contributed by atoms with Gasteiger partial charge in [0.15, 0.2) is 0 Å². The summed E-state index contributed by atoms with van der Waals surface area (Å²) in [7, 11) is 0. The Bertz CT molecular complexity index is 119. The second-order valence-corrected chi connectivity index (χ2v) is 2.85. The topological polar surface area (TPSA) is 0 Å². The second kappa shape index (κ2) is 4.67. The molecule has 0 heterocycles. The number of rotatable bonds is 2. The van der Waals surface area contributed by atoms with Gasteiger partial charge in [-0.05, 0) is 31.9 Å².